The molecule has 0 radical (unpaired) electrons. The van der Waals surface area contributed by atoms with Gasteiger partial charge in [0.25, 0.3) is 0 Å². The lowest BCUT2D eigenvalue weighted by molar-refractivity contribution is -0.119. The van der Waals surface area contributed by atoms with Crippen molar-refractivity contribution in [2.45, 2.75) is 26.2 Å². The maximum absolute atomic E-state index is 11.2. The molecule has 18 heavy (non-hydrogen) atoms. The SMILES string of the molecule is CCOc1ccc(C2CNC(=O)C2)cc1OCC. The van der Waals surface area contributed by atoms with E-state index in [0.29, 0.717) is 26.2 Å². The third kappa shape index (κ3) is 2.75. The molecule has 1 aliphatic heterocycles. The number of carbonyl (C=O) groups excluding carboxylic acids is 1. The van der Waals surface area contributed by atoms with Crippen LogP contribution in [-0.2, 0) is 4.79 Å². The summed E-state index contributed by atoms with van der Waals surface area (Å²) < 4.78 is 11.1. The van der Waals surface area contributed by atoms with Gasteiger partial charge in [-0.05, 0) is 31.5 Å². The Morgan fingerprint density at radius 3 is 2.56 bits per heavy atom. The summed E-state index contributed by atoms with van der Waals surface area (Å²) in [4.78, 5) is 11.2. The minimum atomic E-state index is 0.117. The number of benzene rings is 1. The number of amides is 1. The molecule has 1 amide bonds. The fraction of sp³-hybridized carbons (Fsp3) is 0.500. The fourth-order valence-corrected chi connectivity index (χ4v) is 2.16. The largest absolute Gasteiger partial charge is 0.490 e. The Morgan fingerprint density at radius 2 is 1.94 bits per heavy atom. The second-order valence-electron chi connectivity index (χ2n) is 4.28. The average molecular weight is 249 g/mol. The van der Waals surface area contributed by atoms with Gasteiger partial charge in [-0.1, -0.05) is 6.07 Å². The normalized spacial score (nSPS) is 18.6. The number of carbonyl (C=O) groups is 1. The minimum absolute atomic E-state index is 0.117. The average Bonchev–Trinajstić information content (AvgIpc) is 2.79. The fourth-order valence-electron chi connectivity index (χ4n) is 2.16. The van der Waals surface area contributed by atoms with Crippen molar-refractivity contribution in [3.63, 3.8) is 0 Å². The van der Waals surface area contributed by atoms with Crippen molar-refractivity contribution in [3.8, 4) is 11.5 Å². The molecule has 1 aromatic rings. The zero-order valence-electron chi connectivity index (χ0n) is 10.9. The Bertz CT molecular complexity index is 431. The third-order valence-electron chi connectivity index (χ3n) is 3.02. The summed E-state index contributed by atoms with van der Waals surface area (Å²) in [5.41, 5.74) is 1.13. The molecule has 1 aromatic carbocycles. The number of nitrogens with one attached hydrogen (secondary N) is 1. The molecule has 1 N–H and O–H groups in total. The van der Waals surface area contributed by atoms with E-state index in [2.05, 4.69) is 5.32 Å². The van der Waals surface area contributed by atoms with Crippen molar-refractivity contribution in [1.82, 2.24) is 5.32 Å². The molecule has 1 atom stereocenters. The lowest BCUT2D eigenvalue weighted by Gasteiger charge is -2.14. The summed E-state index contributed by atoms with van der Waals surface area (Å²) in [5.74, 6) is 1.89. The molecule has 4 heteroatoms. The van der Waals surface area contributed by atoms with Crippen LogP contribution in [0.3, 0.4) is 0 Å². The van der Waals surface area contributed by atoms with Gasteiger partial charge in [-0.25, -0.2) is 0 Å². The highest BCUT2D eigenvalue weighted by Crippen LogP contribution is 2.33. The second kappa shape index (κ2) is 5.76. The first kappa shape index (κ1) is 12.7. The van der Waals surface area contributed by atoms with Gasteiger partial charge in [-0.15, -0.1) is 0 Å². The summed E-state index contributed by atoms with van der Waals surface area (Å²) in [6, 6.07) is 5.92. The summed E-state index contributed by atoms with van der Waals surface area (Å²) in [7, 11) is 0. The van der Waals surface area contributed by atoms with Gasteiger partial charge in [-0.3, -0.25) is 4.79 Å². The molecule has 98 valence electrons. The van der Waals surface area contributed by atoms with E-state index in [9.17, 15) is 4.79 Å². The van der Waals surface area contributed by atoms with E-state index in [1.54, 1.807) is 0 Å². The minimum Gasteiger partial charge on any atom is -0.490 e. The van der Waals surface area contributed by atoms with Crippen molar-refractivity contribution >= 4 is 5.91 Å². The Morgan fingerprint density at radius 1 is 1.22 bits per heavy atom. The van der Waals surface area contributed by atoms with Crippen molar-refractivity contribution in [2.75, 3.05) is 19.8 Å². The van der Waals surface area contributed by atoms with Gasteiger partial charge in [0.2, 0.25) is 5.91 Å². The van der Waals surface area contributed by atoms with Gasteiger partial charge in [0.15, 0.2) is 11.5 Å². The number of rotatable bonds is 5. The maximum atomic E-state index is 11.2. The van der Waals surface area contributed by atoms with E-state index >= 15 is 0 Å². The topological polar surface area (TPSA) is 47.6 Å². The van der Waals surface area contributed by atoms with Gasteiger partial charge in [0.1, 0.15) is 0 Å². The number of ether oxygens (including phenoxy) is 2. The van der Waals surface area contributed by atoms with Gasteiger partial charge < -0.3 is 14.8 Å². The predicted molar refractivity (Wildman–Crippen MR) is 69.1 cm³/mol. The Labute approximate surface area is 107 Å². The van der Waals surface area contributed by atoms with E-state index in [1.165, 1.54) is 0 Å². The summed E-state index contributed by atoms with van der Waals surface area (Å²) in [6.45, 7) is 5.82. The molecule has 0 aliphatic carbocycles. The first-order chi connectivity index (χ1) is 8.74. The molecule has 0 aromatic heterocycles. The van der Waals surface area contributed by atoms with E-state index < -0.39 is 0 Å². The van der Waals surface area contributed by atoms with Crippen LogP contribution in [0.2, 0.25) is 0 Å². The van der Waals surface area contributed by atoms with Gasteiger partial charge in [0.05, 0.1) is 13.2 Å². The number of hydrogen-bond donors (Lipinski definition) is 1. The van der Waals surface area contributed by atoms with Crippen molar-refractivity contribution < 1.29 is 14.3 Å². The van der Waals surface area contributed by atoms with Crippen LogP contribution in [-0.4, -0.2) is 25.7 Å². The lowest BCUT2D eigenvalue weighted by Crippen LogP contribution is -2.13. The van der Waals surface area contributed by atoms with Crippen LogP contribution in [0.15, 0.2) is 18.2 Å². The highest BCUT2D eigenvalue weighted by molar-refractivity contribution is 5.79. The van der Waals surface area contributed by atoms with Gasteiger partial charge >= 0.3 is 0 Å². The molecule has 1 heterocycles. The predicted octanol–water partition coefficient (Wildman–Crippen LogP) is 2.09. The molecule has 1 unspecified atom stereocenters. The molecule has 0 bridgehead atoms. The Balaban J connectivity index is 2.21. The van der Waals surface area contributed by atoms with Crippen molar-refractivity contribution in [3.05, 3.63) is 23.8 Å². The molecule has 1 fully saturated rings. The quantitative estimate of drug-likeness (QED) is 0.869. The molecule has 2 rings (SSSR count). The smallest absolute Gasteiger partial charge is 0.220 e. The zero-order valence-corrected chi connectivity index (χ0v) is 10.9. The molecular weight excluding hydrogens is 230 g/mol. The highest BCUT2D eigenvalue weighted by Gasteiger charge is 2.23. The monoisotopic (exact) mass is 249 g/mol. The van der Waals surface area contributed by atoms with Crippen LogP contribution in [0.5, 0.6) is 11.5 Å². The van der Waals surface area contributed by atoms with E-state index in [4.69, 9.17) is 9.47 Å². The van der Waals surface area contributed by atoms with Gasteiger partial charge in [-0.2, -0.15) is 0 Å². The first-order valence-corrected chi connectivity index (χ1v) is 6.40. The van der Waals surface area contributed by atoms with E-state index in [-0.39, 0.29) is 11.8 Å². The van der Waals surface area contributed by atoms with Crippen LogP contribution in [0.4, 0.5) is 0 Å². The molecule has 1 aliphatic rings. The Hall–Kier alpha value is -1.71. The van der Waals surface area contributed by atoms with E-state index in [0.717, 1.165) is 17.1 Å². The maximum Gasteiger partial charge on any atom is 0.220 e. The summed E-state index contributed by atoms with van der Waals surface area (Å²) >= 11 is 0. The van der Waals surface area contributed by atoms with Gasteiger partial charge in [0, 0.05) is 18.9 Å². The van der Waals surface area contributed by atoms with Crippen molar-refractivity contribution in [1.29, 1.82) is 0 Å². The van der Waals surface area contributed by atoms with Crippen LogP contribution in [0, 0.1) is 0 Å². The molecular formula is C14H19NO3. The molecule has 1 saturated heterocycles. The van der Waals surface area contributed by atoms with Crippen LogP contribution in [0.25, 0.3) is 0 Å². The molecule has 0 saturated carbocycles. The third-order valence-corrected chi connectivity index (χ3v) is 3.02. The van der Waals surface area contributed by atoms with Crippen LogP contribution in [0.1, 0.15) is 31.7 Å². The van der Waals surface area contributed by atoms with Crippen LogP contribution >= 0.6 is 0 Å². The Kier molecular flexibility index (Phi) is 4.07. The molecule has 4 nitrogen and oxygen atoms in total. The first-order valence-electron chi connectivity index (χ1n) is 6.40. The standard InChI is InChI=1S/C14H19NO3/c1-3-17-12-6-5-10(7-13(12)18-4-2)11-8-14(16)15-9-11/h5-7,11H,3-4,8-9H2,1-2H3,(H,15,16). The molecule has 0 spiro atoms. The van der Waals surface area contributed by atoms with E-state index in [1.807, 2.05) is 32.0 Å². The highest BCUT2D eigenvalue weighted by atomic mass is 16.5. The zero-order chi connectivity index (χ0) is 13.0. The second-order valence-corrected chi connectivity index (χ2v) is 4.28. The van der Waals surface area contributed by atoms with Crippen molar-refractivity contribution in [2.24, 2.45) is 0 Å². The van der Waals surface area contributed by atoms with Crippen LogP contribution < -0.4 is 14.8 Å². The lowest BCUT2D eigenvalue weighted by atomic mass is 9.98. The summed E-state index contributed by atoms with van der Waals surface area (Å²) in [6.07, 6.45) is 0.555. The number of hydrogen-bond acceptors (Lipinski definition) is 3. The summed E-state index contributed by atoms with van der Waals surface area (Å²) in [5, 5.41) is 2.85.